The fraction of sp³-hybridized carbons (Fsp3) is 0.200. The molecule has 0 saturated heterocycles. The van der Waals surface area contributed by atoms with E-state index < -0.39 is 0 Å². The van der Waals surface area contributed by atoms with E-state index in [1.807, 2.05) is 12.1 Å². The summed E-state index contributed by atoms with van der Waals surface area (Å²) >= 11 is 5.86. The molecular formula is C15H15ClFNO2. The van der Waals surface area contributed by atoms with Crippen LogP contribution in [0, 0.1) is 5.82 Å². The van der Waals surface area contributed by atoms with Gasteiger partial charge in [0, 0.05) is 41.0 Å². The van der Waals surface area contributed by atoms with Gasteiger partial charge in [-0.2, -0.15) is 0 Å². The summed E-state index contributed by atoms with van der Waals surface area (Å²) in [6.45, 7) is 0.322. The summed E-state index contributed by atoms with van der Waals surface area (Å²) in [5, 5.41) is 3.63. The van der Waals surface area contributed by atoms with Crippen LogP contribution in [0.4, 0.5) is 10.1 Å². The third kappa shape index (κ3) is 3.54. The van der Waals surface area contributed by atoms with Crippen LogP contribution in [-0.2, 0) is 6.54 Å². The molecule has 0 amide bonds. The van der Waals surface area contributed by atoms with Crippen LogP contribution in [0.2, 0.25) is 5.02 Å². The van der Waals surface area contributed by atoms with Gasteiger partial charge in [-0.25, -0.2) is 4.39 Å². The SMILES string of the molecule is COc1cc(NCc2cc(Cl)ccc2F)cc(OC)c1. The van der Waals surface area contributed by atoms with Crippen LogP contribution < -0.4 is 14.8 Å². The molecule has 0 aliphatic rings. The van der Waals surface area contributed by atoms with Gasteiger partial charge < -0.3 is 14.8 Å². The molecule has 20 heavy (non-hydrogen) atoms. The van der Waals surface area contributed by atoms with Crippen molar-refractivity contribution in [2.24, 2.45) is 0 Å². The Morgan fingerprint density at radius 3 is 2.30 bits per heavy atom. The minimum atomic E-state index is -0.295. The van der Waals surface area contributed by atoms with Crippen molar-refractivity contribution in [1.82, 2.24) is 0 Å². The number of nitrogens with one attached hydrogen (secondary N) is 1. The van der Waals surface area contributed by atoms with Gasteiger partial charge in [0.05, 0.1) is 14.2 Å². The highest BCUT2D eigenvalue weighted by atomic mass is 35.5. The average molecular weight is 296 g/mol. The number of anilines is 1. The first-order chi connectivity index (χ1) is 9.62. The lowest BCUT2D eigenvalue weighted by molar-refractivity contribution is 0.394. The molecule has 0 atom stereocenters. The van der Waals surface area contributed by atoms with Gasteiger partial charge in [0.1, 0.15) is 17.3 Å². The molecule has 0 spiro atoms. The van der Waals surface area contributed by atoms with Crippen molar-refractivity contribution in [3.8, 4) is 11.5 Å². The van der Waals surface area contributed by atoms with Gasteiger partial charge >= 0.3 is 0 Å². The Morgan fingerprint density at radius 2 is 1.70 bits per heavy atom. The number of methoxy groups -OCH3 is 2. The van der Waals surface area contributed by atoms with Gasteiger partial charge in [0.2, 0.25) is 0 Å². The number of benzene rings is 2. The number of hydrogen-bond acceptors (Lipinski definition) is 3. The summed E-state index contributed by atoms with van der Waals surface area (Å²) in [5.74, 6) is 1.04. The molecule has 106 valence electrons. The van der Waals surface area contributed by atoms with Crippen molar-refractivity contribution in [3.63, 3.8) is 0 Å². The summed E-state index contributed by atoms with van der Waals surface area (Å²) in [5.41, 5.74) is 1.28. The fourth-order valence-electron chi connectivity index (χ4n) is 1.79. The van der Waals surface area contributed by atoms with Crippen LogP contribution in [0.5, 0.6) is 11.5 Å². The molecule has 0 heterocycles. The molecule has 0 aliphatic carbocycles. The van der Waals surface area contributed by atoms with E-state index >= 15 is 0 Å². The minimum Gasteiger partial charge on any atom is -0.497 e. The molecule has 2 aromatic carbocycles. The van der Waals surface area contributed by atoms with E-state index in [1.54, 1.807) is 26.4 Å². The summed E-state index contributed by atoms with van der Waals surface area (Å²) in [6, 6.07) is 9.86. The second kappa shape index (κ2) is 6.48. The van der Waals surface area contributed by atoms with Gasteiger partial charge in [0.15, 0.2) is 0 Å². The largest absolute Gasteiger partial charge is 0.497 e. The molecule has 0 saturated carbocycles. The summed E-state index contributed by atoms with van der Waals surface area (Å²) in [6.07, 6.45) is 0. The first-order valence-corrected chi connectivity index (χ1v) is 6.41. The van der Waals surface area contributed by atoms with E-state index in [4.69, 9.17) is 21.1 Å². The third-order valence-electron chi connectivity index (χ3n) is 2.84. The highest BCUT2D eigenvalue weighted by Crippen LogP contribution is 2.26. The quantitative estimate of drug-likeness (QED) is 0.900. The van der Waals surface area contributed by atoms with Crippen LogP contribution in [0.25, 0.3) is 0 Å². The first-order valence-electron chi connectivity index (χ1n) is 6.03. The highest BCUT2D eigenvalue weighted by Gasteiger charge is 2.05. The lowest BCUT2D eigenvalue weighted by atomic mass is 10.2. The normalized spacial score (nSPS) is 10.2. The molecule has 2 aromatic rings. The van der Waals surface area contributed by atoms with E-state index in [-0.39, 0.29) is 5.82 Å². The van der Waals surface area contributed by atoms with Crippen molar-refractivity contribution in [1.29, 1.82) is 0 Å². The maximum absolute atomic E-state index is 13.6. The molecule has 3 nitrogen and oxygen atoms in total. The molecule has 1 N–H and O–H groups in total. The van der Waals surface area contributed by atoms with Gasteiger partial charge in [-0.15, -0.1) is 0 Å². The Bertz CT molecular complexity index is 582. The molecule has 5 heteroatoms. The van der Waals surface area contributed by atoms with Crippen molar-refractivity contribution < 1.29 is 13.9 Å². The van der Waals surface area contributed by atoms with E-state index in [2.05, 4.69) is 5.32 Å². The molecule has 2 rings (SSSR count). The first kappa shape index (κ1) is 14.5. The highest BCUT2D eigenvalue weighted by molar-refractivity contribution is 6.30. The molecule has 0 fully saturated rings. The van der Waals surface area contributed by atoms with Gasteiger partial charge in [-0.3, -0.25) is 0 Å². The zero-order valence-electron chi connectivity index (χ0n) is 11.2. The van der Waals surface area contributed by atoms with Gasteiger partial charge in [-0.1, -0.05) is 11.6 Å². The Kier molecular flexibility index (Phi) is 4.69. The van der Waals surface area contributed by atoms with Gasteiger partial charge in [0.25, 0.3) is 0 Å². The summed E-state index contributed by atoms with van der Waals surface area (Å²) < 4.78 is 24.0. The molecule has 0 unspecified atom stereocenters. The van der Waals surface area contributed by atoms with Gasteiger partial charge in [-0.05, 0) is 18.2 Å². The van der Waals surface area contributed by atoms with Crippen LogP contribution in [0.3, 0.4) is 0 Å². The monoisotopic (exact) mass is 295 g/mol. The number of ether oxygens (including phenoxy) is 2. The van der Waals surface area contributed by atoms with Crippen LogP contribution >= 0.6 is 11.6 Å². The zero-order valence-corrected chi connectivity index (χ0v) is 12.0. The Labute approximate surface area is 122 Å². The standard InChI is InChI=1S/C15H15ClFNO2/c1-19-13-6-12(7-14(8-13)20-2)18-9-10-5-11(16)3-4-15(10)17/h3-8,18H,9H2,1-2H3. The van der Waals surface area contributed by atoms with Crippen molar-refractivity contribution in [3.05, 3.63) is 52.8 Å². The van der Waals surface area contributed by atoms with Crippen molar-refractivity contribution in [2.75, 3.05) is 19.5 Å². The van der Waals surface area contributed by atoms with Crippen LogP contribution in [0.1, 0.15) is 5.56 Å². The lowest BCUT2D eigenvalue weighted by Gasteiger charge is -2.11. The maximum atomic E-state index is 13.6. The third-order valence-corrected chi connectivity index (χ3v) is 3.08. The molecule has 0 aliphatic heterocycles. The molecule has 0 radical (unpaired) electrons. The fourth-order valence-corrected chi connectivity index (χ4v) is 1.98. The second-order valence-corrected chi connectivity index (χ2v) is 4.63. The van der Waals surface area contributed by atoms with Crippen LogP contribution in [0.15, 0.2) is 36.4 Å². The summed E-state index contributed by atoms with van der Waals surface area (Å²) in [4.78, 5) is 0. The topological polar surface area (TPSA) is 30.5 Å². The molecular weight excluding hydrogens is 281 g/mol. The number of halogens is 2. The smallest absolute Gasteiger partial charge is 0.128 e. The van der Waals surface area contributed by atoms with E-state index in [9.17, 15) is 4.39 Å². The lowest BCUT2D eigenvalue weighted by Crippen LogP contribution is -2.02. The van der Waals surface area contributed by atoms with E-state index in [1.165, 1.54) is 12.1 Å². The zero-order chi connectivity index (χ0) is 14.5. The minimum absolute atomic E-state index is 0.295. The van der Waals surface area contributed by atoms with Crippen molar-refractivity contribution in [2.45, 2.75) is 6.54 Å². The molecule has 0 bridgehead atoms. The van der Waals surface area contributed by atoms with E-state index in [0.717, 1.165) is 5.69 Å². The van der Waals surface area contributed by atoms with Crippen molar-refractivity contribution >= 4 is 17.3 Å². The number of hydrogen-bond donors (Lipinski definition) is 1. The number of rotatable bonds is 5. The Balaban J connectivity index is 2.16. The maximum Gasteiger partial charge on any atom is 0.128 e. The predicted octanol–water partition coefficient (Wildman–Crippen LogP) is 4.11. The Hall–Kier alpha value is -1.94. The second-order valence-electron chi connectivity index (χ2n) is 4.19. The molecule has 0 aromatic heterocycles. The van der Waals surface area contributed by atoms with Crippen LogP contribution in [-0.4, -0.2) is 14.2 Å². The Morgan fingerprint density at radius 1 is 1.05 bits per heavy atom. The predicted molar refractivity (Wildman–Crippen MR) is 78.3 cm³/mol. The summed E-state index contributed by atoms with van der Waals surface area (Å²) in [7, 11) is 3.16. The van der Waals surface area contributed by atoms with E-state index in [0.29, 0.717) is 28.6 Å². The average Bonchev–Trinajstić information content (AvgIpc) is 2.47.